The van der Waals surface area contributed by atoms with Crippen molar-refractivity contribution in [1.82, 2.24) is 5.32 Å². The highest BCUT2D eigenvalue weighted by atomic mass is 35.5. The summed E-state index contributed by atoms with van der Waals surface area (Å²) in [5.74, 6) is 1.50. The quantitative estimate of drug-likeness (QED) is 0.889. The predicted molar refractivity (Wildman–Crippen MR) is 76.9 cm³/mol. The molecule has 1 atom stereocenters. The first kappa shape index (κ1) is 13.5. The van der Waals surface area contributed by atoms with Crippen LogP contribution in [-0.2, 0) is 0 Å². The molecule has 1 fully saturated rings. The minimum absolute atomic E-state index is 0.671. The summed E-state index contributed by atoms with van der Waals surface area (Å²) in [5.41, 5.74) is 1.20. The van der Waals surface area contributed by atoms with Gasteiger partial charge in [-0.05, 0) is 37.6 Å². The summed E-state index contributed by atoms with van der Waals surface area (Å²) in [4.78, 5) is 2.40. The zero-order valence-corrected chi connectivity index (χ0v) is 11.8. The number of ether oxygens (including phenoxy) is 1. The van der Waals surface area contributed by atoms with Crippen LogP contribution in [0.15, 0.2) is 18.2 Å². The number of halogens is 1. The summed E-state index contributed by atoms with van der Waals surface area (Å²) in [5, 5.41) is 4.09. The van der Waals surface area contributed by atoms with Crippen molar-refractivity contribution in [2.45, 2.75) is 13.3 Å². The van der Waals surface area contributed by atoms with Crippen molar-refractivity contribution in [3.05, 3.63) is 23.2 Å². The van der Waals surface area contributed by atoms with E-state index < -0.39 is 0 Å². The second-order valence-corrected chi connectivity index (χ2v) is 5.13. The molecule has 0 bridgehead atoms. The topological polar surface area (TPSA) is 24.5 Å². The van der Waals surface area contributed by atoms with Gasteiger partial charge < -0.3 is 15.0 Å². The molecule has 100 valence electrons. The second kappa shape index (κ2) is 6.30. The van der Waals surface area contributed by atoms with Gasteiger partial charge in [0.25, 0.3) is 0 Å². The van der Waals surface area contributed by atoms with Crippen molar-refractivity contribution < 1.29 is 4.74 Å². The molecule has 1 saturated heterocycles. The van der Waals surface area contributed by atoms with E-state index >= 15 is 0 Å². The molecule has 0 spiro atoms. The van der Waals surface area contributed by atoms with Gasteiger partial charge in [0.2, 0.25) is 0 Å². The second-order valence-electron chi connectivity index (χ2n) is 4.73. The largest absolute Gasteiger partial charge is 0.495 e. The minimum atomic E-state index is 0.671. The Balaban J connectivity index is 2.00. The van der Waals surface area contributed by atoms with Crippen LogP contribution in [0.2, 0.25) is 5.02 Å². The Hall–Kier alpha value is -0.930. The summed E-state index contributed by atoms with van der Waals surface area (Å²) in [7, 11) is 1.66. The third kappa shape index (κ3) is 3.09. The molecular weight excluding hydrogens is 248 g/mol. The number of hydrogen-bond donors (Lipinski definition) is 1. The molecule has 2 rings (SSSR count). The molecule has 1 unspecified atom stereocenters. The fraction of sp³-hybridized carbons (Fsp3) is 0.571. The zero-order valence-electron chi connectivity index (χ0n) is 11.1. The first-order valence-corrected chi connectivity index (χ1v) is 6.91. The summed E-state index contributed by atoms with van der Waals surface area (Å²) >= 11 is 6.05. The average Bonchev–Trinajstić information content (AvgIpc) is 2.85. The molecule has 1 aromatic carbocycles. The Labute approximate surface area is 114 Å². The van der Waals surface area contributed by atoms with E-state index in [-0.39, 0.29) is 0 Å². The maximum absolute atomic E-state index is 6.05. The molecule has 0 saturated carbocycles. The minimum Gasteiger partial charge on any atom is -0.495 e. The fourth-order valence-electron chi connectivity index (χ4n) is 2.43. The molecule has 0 aromatic heterocycles. The number of nitrogens with one attached hydrogen (secondary N) is 1. The summed E-state index contributed by atoms with van der Waals surface area (Å²) < 4.78 is 5.27. The van der Waals surface area contributed by atoms with Crippen LogP contribution < -0.4 is 15.0 Å². The summed E-state index contributed by atoms with van der Waals surface area (Å²) in [6.07, 6.45) is 1.25. The molecular formula is C14H21ClN2O. The summed E-state index contributed by atoms with van der Waals surface area (Å²) in [6.45, 7) is 6.53. The van der Waals surface area contributed by atoms with Gasteiger partial charge >= 0.3 is 0 Å². The molecule has 1 aliphatic heterocycles. The van der Waals surface area contributed by atoms with E-state index in [0.29, 0.717) is 5.02 Å². The normalized spacial score (nSPS) is 19.3. The molecule has 18 heavy (non-hydrogen) atoms. The van der Waals surface area contributed by atoms with Crippen LogP contribution in [0.3, 0.4) is 0 Å². The lowest BCUT2D eigenvalue weighted by molar-refractivity contribution is 0.415. The van der Waals surface area contributed by atoms with E-state index in [1.165, 1.54) is 12.1 Å². The molecule has 4 heteroatoms. The number of methoxy groups -OCH3 is 1. The van der Waals surface area contributed by atoms with Gasteiger partial charge in [0.05, 0.1) is 12.1 Å². The Morgan fingerprint density at radius 1 is 1.50 bits per heavy atom. The molecule has 0 radical (unpaired) electrons. The summed E-state index contributed by atoms with van der Waals surface area (Å²) in [6, 6.07) is 6.01. The van der Waals surface area contributed by atoms with Crippen molar-refractivity contribution in [2.75, 3.05) is 38.2 Å². The number of hydrogen-bond acceptors (Lipinski definition) is 3. The number of nitrogens with zero attached hydrogens (tertiary/aromatic N) is 1. The standard InChI is InChI=1S/C14H21ClN2O/c1-3-16-9-11-6-7-17(10-11)12-4-5-13(15)14(8-12)18-2/h4-5,8,11,16H,3,6-7,9-10H2,1-2H3. The maximum Gasteiger partial charge on any atom is 0.139 e. The van der Waals surface area contributed by atoms with Crippen molar-refractivity contribution >= 4 is 17.3 Å². The number of benzene rings is 1. The molecule has 1 aliphatic rings. The first-order valence-electron chi connectivity index (χ1n) is 6.53. The van der Waals surface area contributed by atoms with Crippen LogP contribution in [0.1, 0.15) is 13.3 Å². The first-order chi connectivity index (χ1) is 8.74. The molecule has 1 heterocycles. The van der Waals surface area contributed by atoms with E-state index in [1.807, 2.05) is 12.1 Å². The molecule has 1 aromatic rings. The van der Waals surface area contributed by atoms with Crippen LogP contribution >= 0.6 is 11.6 Å². The van der Waals surface area contributed by atoms with E-state index in [1.54, 1.807) is 7.11 Å². The van der Waals surface area contributed by atoms with Crippen LogP contribution in [0, 0.1) is 5.92 Å². The van der Waals surface area contributed by atoms with Gasteiger partial charge in [0.15, 0.2) is 0 Å². The number of rotatable bonds is 5. The van der Waals surface area contributed by atoms with Crippen LogP contribution in [0.4, 0.5) is 5.69 Å². The van der Waals surface area contributed by atoms with Gasteiger partial charge in [-0.3, -0.25) is 0 Å². The van der Waals surface area contributed by atoms with Crippen molar-refractivity contribution in [3.63, 3.8) is 0 Å². The third-order valence-electron chi connectivity index (χ3n) is 3.47. The Morgan fingerprint density at radius 2 is 2.33 bits per heavy atom. The van der Waals surface area contributed by atoms with Crippen molar-refractivity contribution in [1.29, 1.82) is 0 Å². The van der Waals surface area contributed by atoms with E-state index in [0.717, 1.165) is 37.8 Å². The van der Waals surface area contributed by atoms with Gasteiger partial charge in [-0.1, -0.05) is 18.5 Å². The highest BCUT2D eigenvalue weighted by Crippen LogP contribution is 2.31. The fourth-order valence-corrected chi connectivity index (χ4v) is 2.62. The smallest absolute Gasteiger partial charge is 0.139 e. The van der Waals surface area contributed by atoms with Gasteiger partial charge in [0, 0.05) is 24.8 Å². The molecule has 1 N–H and O–H groups in total. The van der Waals surface area contributed by atoms with Crippen LogP contribution in [-0.4, -0.2) is 33.3 Å². The van der Waals surface area contributed by atoms with Crippen molar-refractivity contribution in [3.8, 4) is 5.75 Å². The lowest BCUT2D eigenvalue weighted by Crippen LogP contribution is -2.26. The lowest BCUT2D eigenvalue weighted by atomic mass is 10.1. The highest BCUT2D eigenvalue weighted by molar-refractivity contribution is 6.32. The Bertz CT molecular complexity index is 397. The van der Waals surface area contributed by atoms with Crippen molar-refractivity contribution in [2.24, 2.45) is 5.92 Å². The average molecular weight is 269 g/mol. The van der Waals surface area contributed by atoms with Gasteiger partial charge in [-0.25, -0.2) is 0 Å². The molecule has 3 nitrogen and oxygen atoms in total. The van der Waals surface area contributed by atoms with Gasteiger partial charge in [-0.2, -0.15) is 0 Å². The van der Waals surface area contributed by atoms with Crippen LogP contribution in [0.5, 0.6) is 5.75 Å². The Kier molecular flexibility index (Phi) is 4.72. The maximum atomic E-state index is 6.05. The Morgan fingerprint density at radius 3 is 3.06 bits per heavy atom. The number of anilines is 1. The molecule has 0 amide bonds. The van der Waals surface area contributed by atoms with E-state index in [9.17, 15) is 0 Å². The highest BCUT2D eigenvalue weighted by Gasteiger charge is 2.22. The van der Waals surface area contributed by atoms with E-state index in [4.69, 9.17) is 16.3 Å². The predicted octanol–water partition coefficient (Wildman–Crippen LogP) is 2.78. The molecule has 0 aliphatic carbocycles. The SMILES string of the molecule is CCNCC1CCN(c2ccc(Cl)c(OC)c2)C1. The van der Waals surface area contributed by atoms with Gasteiger partial charge in [-0.15, -0.1) is 0 Å². The zero-order chi connectivity index (χ0) is 13.0. The third-order valence-corrected chi connectivity index (χ3v) is 3.78. The monoisotopic (exact) mass is 268 g/mol. The van der Waals surface area contributed by atoms with Crippen LogP contribution in [0.25, 0.3) is 0 Å². The van der Waals surface area contributed by atoms with Gasteiger partial charge in [0.1, 0.15) is 5.75 Å². The lowest BCUT2D eigenvalue weighted by Gasteiger charge is -2.20. The van der Waals surface area contributed by atoms with E-state index in [2.05, 4.69) is 23.2 Å².